The summed E-state index contributed by atoms with van der Waals surface area (Å²) < 4.78 is 0. The molecule has 86 valence electrons. The van der Waals surface area contributed by atoms with Gasteiger partial charge in [-0.1, -0.05) is 30.9 Å². The summed E-state index contributed by atoms with van der Waals surface area (Å²) in [5.41, 5.74) is 3.77. The van der Waals surface area contributed by atoms with Gasteiger partial charge in [0.25, 0.3) is 0 Å². The maximum absolute atomic E-state index is 4.45. The van der Waals surface area contributed by atoms with Crippen LogP contribution in [0, 0.1) is 6.92 Å². The molecule has 0 fully saturated rings. The van der Waals surface area contributed by atoms with E-state index >= 15 is 0 Å². The Balaban J connectivity index is 2.54. The Hall–Kier alpha value is -2.16. The van der Waals surface area contributed by atoms with Crippen molar-refractivity contribution in [2.45, 2.75) is 13.8 Å². The number of allylic oxidation sites excluding steroid dienone is 1. The highest BCUT2D eigenvalue weighted by Gasteiger charge is 2.08. The largest absolute Gasteiger partial charge is 0.150 e. The van der Waals surface area contributed by atoms with Gasteiger partial charge in [0.05, 0.1) is 5.69 Å². The van der Waals surface area contributed by atoms with Crippen molar-refractivity contribution in [3.05, 3.63) is 53.9 Å². The Morgan fingerprint density at radius 3 is 2.53 bits per heavy atom. The molecule has 0 aliphatic carbocycles. The number of para-hydroxylation sites is 1. The fourth-order valence-electron chi connectivity index (χ4n) is 1.65. The van der Waals surface area contributed by atoms with Gasteiger partial charge in [-0.3, -0.25) is 0 Å². The van der Waals surface area contributed by atoms with E-state index in [0.717, 1.165) is 22.6 Å². The van der Waals surface area contributed by atoms with Crippen molar-refractivity contribution in [1.82, 2.24) is 15.0 Å². The van der Waals surface area contributed by atoms with Crippen molar-refractivity contribution in [3.63, 3.8) is 0 Å². The fourth-order valence-corrected chi connectivity index (χ4v) is 1.65. The van der Waals surface area contributed by atoms with Crippen LogP contribution in [0.3, 0.4) is 0 Å². The van der Waals surface area contributed by atoms with E-state index in [1.54, 1.807) is 10.9 Å². The molecule has 2 rings (SSSR count). The zero-order valence-corrected chi connectivity index (χ0v) is 10.1. The van der Waals surface area contributed by atoms with Crippen LogP contribution in [0.2, 0.25) is 0 Å². The number of rotatable bonds is 3. The highest BCUT2D eigenvalue weighted by molar-refractivity contribution is 5.58. The minimum atomic E-state index is 0.798. The van der Waals surface area contributed by atoms with Gasteiger partial charge in [0.2, 0.25) is 0 Å². The molecule has 17 heavy (non-hydrogen) atoms. The third-order valence-corrected chi connectivity index (χ3v) is 2.52. The Labute approximate surface area is 101 Å². The lowest BCUT2D eigenvalue weighted by Crippen LogP contribution is -2.01. The minimum absolute atomic E-state index is 0.798. The first-order chi connectivity index (χ1) is 8.26. The van der Waals surface area contributed by atoms with Crippen LogP contribution in [0.15, 0.2) is 36.9 Å². The van der Waals surface area contributed by atoms with E-state index in [0.29, 0.717) is 0 Å². The number of aromatic nitrogens is 3. The number of hydrogen-bond acceptors (Lipinski definition) is 2. The molecule has 0 aliphatic rings. The van der Waals surface area contributed by atoms with E-state index in [-0.39, 0.29) is 0 Å². The molecule has 0 atom stereocenters. The van der Waals surface area contributed by atoms with Crippen LogP contribution in [0.5, 0.6) is 0 Å². The normalized spacial score (nSPS) is 10.9. The molecule has 0 radical (unpaired) electrons. The van der Waals surface area contributed by atoms with Gasteiger partial charge in [-0.05, 0) is 37.6 Å². The lowest BCUT2D eigenvalue weighted by atomic mass is 10.2. The first-order valence-electron chi connectivity index (χ1n) is 5.54. The molecule has 1 heterocycles. The molecule has 1 aromatic heterocycles. The summed E-state index contributed by atoms with van der Waals surface area (Å²) in [7, 11) is 0. The van der Waals surface area contributed by atoms with Crippen molar-refractivity contribution >= 4 is 12.2 Å². The van der Waals surface area contributed by atoms with Crippen LogP contribution >= 0.6 is 0 Å². The van der Waals surface area contributed by atoms with E-state index in [4.69, 9.17) is 0 Å². The van der Waals surface area contributed by atoms with Crippen LogP contribution < -0.4 is 0 Å². The van der Waals surface area contributed by atoms with Gasteiger partial charge in [-0.25, -0.2) is 0 Å². The van der Waals surface area contributed by atoms with Crippen molar-refractivity contribution < 1.29 is 0 Å². The van der Waals surface area contributed by atoms with Gasteiger partial charge in [0.1, 0.15) is 11.4 Å². The van der Waals surface area contributed by atoms with Gasteiger partial charge in [-0.2, -0.15) is 4.80 Å². The molecule has 3 heteroatoms. The Morgan fingerprint density at radius 1 is 1.18 bits per heavy atom. The van der Waals surface area contributed by atoms with Gasteiger partial charge in [0.15, 0.2) is 0 Å². The molecule has 0 spiro atoms. The van der Waals surface area contributed by atoms with Crippen LogP contribution in [-0.2, 0) is 0 Å². The molecule has 3 nitrogen and oxygen atoms in total. The lowest BCUT2D eigenvalue weighted by molar-refractivity contribution is 0.744. The zero-order chi connectivity index (χ0) is 12.3. The topological polar surface area (TPSA) is 30.7 Å². The van der Waals surface area contributed by atoms with E-state index in [1.807, 2.05) is 50.3 Å². The van der Waals surface area contributed by atoms with Crippen molar-refractivity contribution in [2.24, 2.45) is 0 Å². The fraction of sp³-hybridized carbons (Fsp3) is 0.143. The Morgan fingerprint density at radius 2 is 1.88 bits per heavy atom. The molecular weight excluding hydrogens is 210 g/mol. The van der Waals surface area contributed by atoms with Gasteiger partial charge >= 0.3 is 0 Å². The second kappa shape index (κ2) is 4.78. The van der Waals surface area contributed by atoms with E-state index in [2.05, 4.69) is 16.8 Å². The molecule has 0 saturated carbocycles. The van der Waals surface area contributed by atoms with E-state index in [1.165, 1.54) is 0 Å². The van der Waals surface area contributed by atoms with Gasteiger partial charge in [-0.15, -0.1) is 10.2 Å². The first-order valence-corrected chi connectivity index (χ1v) is 5.54. The average Bonchev–Trinajstić information content (AvgIpc) is 2.73. The molecule has 1 aromatic carbocycles. The Bertz CT molecular complexity index is 565. The van der Waals surface area contributed by atoms with Crippen LogP contribution in [-0.4, -0.2) is 15.0 Å². The van der Waals surface area contributed by atoms with Crippen molar-refractivity contribution in [1.29, 1.82) is 0 Å². The smallest absolute Gasteiger partial charge is 0.113 e. The Kier molecular flexibility index (Phi) is 3.19. The summed E-state index contributed by atoms with van der Waals surface area (Å²) in [5.74, 6) is 0. The second-order valence-electron chi connectivity index (χ2n) is 3.75. The molecule has 0 N–H and O–H groups in total. The van der Waals surface area contributed by atoms with Gasteiger partial charge in [0, 0.05) is 0 Å². The summed E-state index contributed by atoms with van der Waals surface area (Å²) >= 11 is 0. The van der Waals surface area contributed by atoms with Crippen LogP contribution in [0.25, 0.3) is 17.8 Å². The first kappa shape index (κ1) is 11.3. The molecule has 2 aromatic rings. The maximum atomic E-state index is 4.45. The maximum Gasteiger partial charge on any atom is 0.113 e. The summed E-state index contributed by atoms with van der Waals surface area (Å²) in [5, 5.41) is 8.86. The lowest BCUT2D eigenvalue weighted by Gasteiger charge is -2.02. The van der Waals surface area contributed by atoms with Crippen molar-refractivity contribution in [3.8, 4) is 5.69 Å². The van der Waals surface area contributed by atoms with Gasteiger partial charge < -0.3 is 0 Å². The predicted octanol–water partition coefficient (Wildman–Crippen LogP) is 3.25. The molecular formula is C14H15N3. The molecule has 0 aliphatic heterocycles. The summed E-state index contributed by atoms with van der Waals surface area (Å²) in [6.45, 7) is 7.75. The molecule has 0 bridgehead atoms. The second-order valence-corrected chi connectivity index (χ2v) is 3.75. The van der Waals surface area contributed by atoms with E-state index < -0.39 is 0 Å². The van der Waals surface area contributed by atoms with Crippen molar-refractivity contribution in [2.75, 3.05) is 0 Å². The highest BCUT2D eigenvalue weighted by Crippen LogP contribution is 2.14. The zero-order valence-electron chi connectivity index (χ0n) is 10.1. The molecule has 0 saturated heterocycles. The van der Waals surface area contributed by atoms with Crippen LogP contribution in [0.4, 0.5) is 0 Å². The highest BCUT2D eigenvalue weighted by atomic mass is 15.5. The number of aryl methyl sites for hydroxylation is 1. The number of benzene rings is 1. The quantitative estimate of drug-likeness (QED) is 0.802. The third kappa shape index (κ3) is 2.18. The number of hydrogen-bond donors (Lipinski definition) is 0. The summed E-state index contributed by atoms with van der Waals surface area (Å²) in [6.07, 6.45) is 5.59. The monoisotopic (exact) mass is 225 g/mol. The molecule has 0 unspecified atom stereocenters. The average molecular weight is 225 g/mol. The molecule has 0 amide bonds. The van der Waals surface area contributed by atoms with Crippen LogP contribution in [0.1, 0.15) is 23.9 Å². The summed E-state index contributed by atoms with van der Waals surface area (Å²) in [4.78, 5) is 1.65. The standard InChI is InChI=1S/C14H15N3/c1-4-8-13-12(5-2)15-17(16-13)14-10-7-6-9-11(14)3/h4-10H,2H2,1,3H3/b8-4-. The SMILES string of the molecule is C=Cc1nn(-c2ccccc2C)nc1/C=C\C. The van der Waals surface area contributed by atoms with E-state index in [9.17, 15) is 0 Å². The summed E-state index contributed by atoms with van der Waals surface area (Å²) in [6, 6.07) is 8.03. The number of nitrogens with zero attached hydrogens (tertiary/aromatic N) is 3. The minimum Gasteiger partial charge on any atom is -0.150 e. The third-order valence-electron chi connectivity index (χ3n) is 2.52. The predicted molar refractivity (Wildman–Crippen MR) is 70.9 cm³/mol.